The summed E-state index contributed by atoms with van der Waals surface area (Å²) in [6.07, 6.45) is 4.78. The van der Waals surface area contributed by atoms with Gasteiger partial charge >= 0.3 is 12.1 Å². The Labute approximate surface area is 245 Å². The molecule has 41 heavy (non-hydrogen) atoms. The van der Waals surface area contributed by atoms with Gasteiger partial charge in [0, 0.05) is 29.7 Å². The van der Waals surface area contributed by atoms with E-state index < -0.39 is 11.7 Å². The number of rotatable bonds is 5. The SMILES string of the molecule is [2H]C([2H])=C1CC2(CCN(Cc3c(OC)cc(C)c4c3ccn4C(=O)OC(C)(C)C)C(c3ccc(C(=O)OC)cc3C)C2)C1. The first-order valence-electron chi connectivity index (χ1n) is 15.2. The van der Waals surface area contributed by atoms with Crippen LogP contribution in [0.1, 0.15) is 87.8 Å². The lowest BCUT2D eigenvalue weighted by Gasteiger charge is -2.53. The number of likely N-dealkylation sites (tertiary alicyclic amines) is 1. The molecule has 1 aliphatic heterocycles. The van der Waals surface area contributed by atoms with Gasteiger partial charge in [-0.05, 0) is 113 Å². The molecule has 7 nitrogen and oxygen atoms in total. The summed E-state index contributed by atoms with van der Waals surface area (Å²) < 4.78 is 33.8. The number of benzene rings is 2. The molecule has 1 spiro atoms. The average Bonchev–Trinajstić information content (AvgIpc) is 3.38. The minimum absolute atomic E-state index is 0.0514. The van der Waals surface area contributed by atoms with E-state index in [1.165, 1.54) is 7.11 Å². The second-order valence-electron chi connectivity index (χ2n) is 12.8. The molecule has 2 aliphatic rings. The van der Waals surface area contributed by atoms with E-state index in [4.69, 9.17) is 17.0 Å². The van der Waals surface area contributed by atoms with E-state index in [0.29, 0.717) is 12.1 Å². The van der Waals surface area contributed by atoms with Crippen LogP contribution in [0.4, 0.5) is 4.79 Å². The number of ether oxygens (including phenoxy) is 3. The maximum Gasteiger partial charge on any atom is 0.419 e. The van der Waals surface area contributed by atoms with Crippen molar-refractivity contribution in [2.45, 2.75) is 78.5 Å². The van der Waals surface area contributed by atoms with Crippen molar-refractivity contribution >= 4 is 23.0 Å². The maximum absolute atomic E-state index is 13.1. The second-order valence-corrected chi connectivity index (χ2v) is 12.8. The van der Waals surface area contributed by atoms with Gasteiger partial charge in [-0.2, -0.15) is 0 Å². The van der Waals surface area contributed by atoms with Gasteiger partial charge in [-0.3, -0.25) is 9.47 Å². The van der Waals surface area contributed by atoms with Crippen LogP contribution in [0.3, 0.4) is 0 Å². The molecule has 2 aromatic carbocycles. The van der Waals surface area contributed by atoms with Crippen molar-refractivity contribution in [1.29, 1.82) is 0 Å². The summed E-state index contributed by atoms with van der Waals surface area (Å²) in [6, 6.07) is 9.77. The Hall–Kier alpha value is -3.58. The number of esters is 1. The van der Waals surface area contributed by atoms with Crippen LogP contribution >= 0.6 is 0 Å². The minimum atomic E-state index is -0.619. The summed E-state index contributed by atoms with van der Waals surface area (Å²) in [5.74, 6) is 0.408. The minimum Gasteiger partial charge on any atom is -0.496 e. The third-order valence-electron chi connectivity index (χ3n) is 8.62. The lowest BCUT2D eigenvalue weighted by Crippen LogP contribution is -2.46. The number of aryl methyl sites for hydroxylation is 2. The van der Waals surface area contributed by atoms with Crippen LogP contribution in [-0.4, -0.2) is 47.9 Å². The van der Waals surface area contributed by atoms with E-state index in [1.54, 1.807) is 17.9 Å². The summed E-state index contributed by atoms with van der Waals surface area (Å²) in [5, 5.41) is 0.946. The number of allylic oxidation sites excluding steroid dienone is 1. The Kier molecular flexibility index (Phi) is 6.86. The van der Waals surface area contributed by atoms with Gasteiger partial charge in [0.05, 0.1) is 28.0 Å². The molecule has 218 valence electrons. The van der Waals surface area contributed by atoms with Crippen LogP contribution in [-0.2, 0) is 16.0 Å². The first-order valence-corrected chi connectivity index (χ1v) is 14.2. The van der Waals surface area contributed by atoms with E-state index in [-0.39, 0.29) is 24.0 Å². The van der Waals surface area contributed by atoms with Crippen molar-refractivity contribution in [2.24, 2.45) is 5.41 Å². The highest BCUT2D eigenvalue weighted by Gasteiger charge is 2.46. The van der Waals surface area contributed by atoms with E-state index in [1.807, 2.05) is 65.0 Å². The van der Waals surface area contributed by atoms with Gasteiger partial charge in [-0.15, -0.1) is 0 Å². The molecule has 3 aromatic rings. The third-order valence-corrected chi connectivity index (χ3v) is 8.62. The number of carbonyl (C=O) groups excluding carboxylic acids is 2. The molecule has 1 aromatic heterocycles. The fraction of sp³-hybridized carbons (Fsp3) is 0.471. The van der Waals surface area contributed by atoms with E-state index in [2.05, 4.69) is 4.90 Å². The van der Waals surface area contributed by atoms with Gasteiger partial charge in [0.15, 0.2) is 0 Å². The first-order chi connectivity index (χ1) is 20.3. The smallest absolute Gasteiger partial charge is 0.419 e. The van der Waals surface area contributed by atoms with Crippen molar-refractivity contribution in [1.82, 2.24) is 9.47 Å². The van der Waals surface area contributed by atoms with Crippen molar-refractivity contribution in [3.8, 4) is 5.75 Å². The Morgan fingerprint density at radius 1 is 1.12 bits per heavy atom. The monoisotopic (exact) mass is 560 g/mol. The zero-order chi connectivity index (χ0) is 31.3. The van der Waals surface area contributed by atoms with Gasteiger partial charge < -0.3 is 14.2 Å². The molecule has 2 fully saturated rings. The number of fused-ring (bicyclic) bond motifs is 1. The Morgan fingerprint density at radius 3 is 2.51 bits per heavy atom. The lowest BCUT2D eigenvalue weighted by atomic mass is 9.59. The number of aromatic nitrogens is 1. The van der Waals surface area contributed by atoms with Gasteiger partial charge in [0.25, 0.3) is 0 Å². The predicted molar refractivity (Wildman–Crippen MR) is 161 cm³/mol. The van der Waals surface area contributed by atoms with Crippen LogP contribution in [0, 0.1) is 19.3 Å². The summed E-state index contributed by atoms with van der Waals surface area (Å²) in [7, 11) is 3.06. The molecule has 1 saturated heterocycles. The Morgan fingerprint density at radius 2 is 1.88 bits per heavy atom. The van der Waals surface area contributed by atoms with Gasteiger partial charge in [-0.1, -0.05) is 18.2 Å². The highest BCUT2D eigenvalue weighted by atomic mass is 16.6. The molecular weight excluding hydrogens is 516 g/mol. The van der Waals surface area contributed by atoms with Gasteiger partial charge in [0.1, 0.15) is 11.4 Å². The molecule has 1 atom stereocenters. The van der Waals surface area contributed by atoms with Crippen molar-refractivity contribution < 1.29 is 26.5 Å². The number of hydrogen-bond donors (Lipinski definition) is 0. The maximum atomic E-state index is 13.1. The van der Waals surface area contributed by atoms with Crippen LogP contribution in [0.2, 0.25) is 0 Å². The van der Waals surface area contributed by atoms with Crippen LogP contribution in [0.25, 0.3) is 10.9 Å². The van der Waals surface area contributed by atoms with Crippen molar-refractivity contribution in [3.05, 3.63) is 76.5 Å². The molecule has 0 bridgehead atoms. The molecule has 5 rings (SSSR count). The van der Waals surface area contributed by atoms with E-state index in [0.717, 1.165) is 76.7 Å². The molecule has 7 heteroatoms. The molecule has 1 aliphatic carbocycles. The molecule has 1 saturated carbocycles. The van der Waals surface area contributed by atoms with Gasteiger partial charge in [0.2, 0.25) is 0 Å². The highest BCUT2D eigenvalue weighted by Crippen LogP contribution is 2.56. The normalized spacial score (nSPS) is 19.4. The predicted octanol–water partition coefficient (Wildman–Crippen LogP) is 7.51. The summed E-state index contributed by atoms with van der Waals surface area (Å²) in [5.41, 5.74) is 5.79. The fourth-order valence-electron chi connectivity index (χ4n) is 6.72. The zero-order valence-corrected chi connectivity index (χ0v) is 25.2. The van der Waals surface area contributed by atoms with Gasteiger partial charge in [-0.25, -0.2) is 9.59 Å². The molecular formula is C34H42N2O5. The molecule has 0 amide bonds. The lowest BCUT2D eigenvalue weighted by molar-refractivity contribution is 0.0171. The number of carbonyl (C=O) groups is 2. The quantitative estimate of drug-likeness (QED) is 0.238. The average molecular weight is 561 g/mol. The summed E-state index contributed by atoms with van der Waals surface area (Å²) >= 11 is 0. The standard InChI is InChI=1S/C34H42N2O5/c1-21-17-34(18-21)12-14-35(28(19-34)25-10-9-24(15-22(25)2)31(37)40-8)20-27-26-11-13-36(32(38)41-33(4,5)6)30(26)23(3)16-29(27)39-7/h9-11,13,15-16,28H,1,12,14,17-20H2,2-8H3/i1D2. The van der Waals surface area contributed by atoms with Crippen LogP contribution < -0.4 is 4.74 Å². The topological polar surface area (TPSA) is 70.0 Å². The van der Waals surface area contributed by atoms with E-state index in [9.17, 15) is 9.59 Å². The second kappa shape index (κ2) is 10.7. The zero-order valence-electron chi connectivity index (χ0n) is 27.2. The van der Waals surface area contributed by atoms with Crippen LogP contribution in [0.15, 0.2) is 48.6 Å². The molecule has 0 N–H and O–H groups in total. The number of methoxy groups -OCH3 is 2. The molecule has 1 unspecified atom stereocenters. The summed E-state index contributed by atoms with van der Waals surface area (Å²) in [4.78, 5) is 27.8. The number of piperidine rings is 1. The third kappa shape index (κ3) is 5.52. The van der Waals surface area contributed by atoms with Crippen molar-refractivity contribution in [3.63, 3.8) is 0 Å². The van der Waals surface area contributed by atoms with Crippen molar-refractivity contribution in [2.75, 3.05) is 20.8 Å². The van der Waals surface area contributed by atoms with Crippen LogP contribution in [0.5, 0.6) is 5.75 Å². The summed E-state index contributed by atoms with van der Waals surface area (Å²) in [6.45, 7) is 11.0. The number of nitrogens with zero attached hydrogens (tertiary/aromatic N) is 2. The highest BCUT2D eigenvalue weighted by molar-refractivity contribution is 5.95. The van der Waals surface area contributed by atoms with E-state index >= 15 is 0 Å². The Balaban J connectivity index is 1.55. The Bertz CT molecular complexity index is 1600. The largest absolute Gasteiger partial charge is 0.496 e. The first kappa shape index (κ1) is 26.3. The fourth-order valence-corrected chi connectivity index (χ4v) is 6.72. The number of hydrogen-bond acceptors (Lipinski definition) is 6. The molecule has 0 radical (unpaired) electrons. The molecule has 2 heterocycles.